The number of hydrogen-bond donors (Lipinski definition) is 0. The van der Waals surface area contributed by atoms with E-state index in [0.717, 1.165) is 11.8 Å². The van der Waals surface area contributed by atoms with Crippen LogP contribution in [0.25, 0.3) is 0 Å². The van der Waals surface area contributed by atoms with Crippen molar-refractivity contribution in [2.45, 2.75) is 93.9 Å². The molecule has 0 heterocycles. The van der Waals surface area contributed by atoms with Crippen LogP contribution in [0.15, 0.2) is 0 Å². The lowest BCUT2D eigenvalue weighted by atomic mass is 9.82. The molecule has 0 amide bonds. The topological polar surface area (TPSA) is 0 Å². The van der Waals surface area contributed by atoms with Crippen molar-refractivity contribution in [3.63, 3.8) is 0 Å². The van der Waals surface area contributed by atoms with Gasteiger partial charge in [0.05, 0.1) is 0 Å². The van der Waals surface area contributed by atoms with Crippen molar-refractivity contribution >= 4 is 0 Å². The van der Waals surface area contributed by atoms with Gasteiger partial charge in [-0.3, -0.25) is 0 Å². The second kappa shape index (κ2) is 7.56. The lowest BCUT2D eigenvalue weighted by molar-refractivity contribution is 0.276. The van der Waals surface area contributed by atoms with Gasteiger partial charge in [0.25, 0.3) is 0 Å². The van der Waals surface area contributed by atoms with E-state index in [1.54, 1.807) is 0 Å². The summed E-state index contributed by atoms with van der Waals surface area (Å²) < 4.78 is 0. The van der Waals surface area contributed by atoms with Gasteiger partial charge in [0.15, 0.2) is 0 Å². The molecule has 0 nitrogen and oxygen atoms in total. The van der Waals surface area contributed by atoms with Gasteiger partial charge in [-0.05, 0) is 35.5 Å². The Balaban J connectivity index is 3.62. The van der Waals surface area contributed by atoms with Crippen LogP contribution in [0.4, 0.5) is 0 Å². The van der Waals surface area contributed by atoms with Crippen LogP contribution in [0.2, 0.25) is 0 Å². The third kappa shape index (κ3) is 12.5. The fraction of sp³-hybridized carbons (Fsp3) is 1.00. The molecular weight excluding hydrogens is 216 g/mol. The predicted molar refractivity (Wildman–Crippen MR) is 84.9 cm³/mol. The van der Waals surface area contributed by atoms with E-state index in [4.69, 9.17) is 0 Å². The zero-order valence-electron chi connectivity index (χ0n) is 14.4. The van der Waals surface area contributed by atoms with Crippen molar-refractivity contribution in [3.8, 4) is 0 Å². The monoisotopic (exact) mass is 254 g/mol. The summed E-state index contributed by atoms with van der Waals surface area (Å²) in [6.07, 6.45) is 8.41. The van der Waals surface area contributed by atoms with Crippen molar-refractivity contribution in [1.82, 2.24) is 0 Å². The van der Waals surface area contributed by atoms with Crippen LogP contribution in [-0.2, 0) is 0 Å². The first kappa shape index (κ1) is 18.0. The molecule has 2 atom stereocenters. The van der Waals surface area contributed by atoms with Gasteiger partial charge in [-0.2, -0.15) is 0 Å². The molecule has 0 aliphatic heterocycles. The molecule has 0 radical (unpaired) electrons. The molecule has 0 aliphatic rings. The van der Waals surface area contributed by atoms with Gasteiger partial charge in [0, 0.05) is 0 Å². The van der Waals surface area contributed by atoms with Crippen molar-refractivity contribution in [2.24, 2.45) is 22.7 Å². The van der Waals surface area contributed by atoms with Gasteiger partial charge in [-0.1, -0.05) is 81.1 Å². The Bertz CT molecular complexity index is 177. The zero-order chi connectivity index (χ0) is 14.4. The average molecular weight is 255 g/mol. The summed E-state index contributed by atoms with van der Waals surface area (Å²) in [6.45, 7) is 19.0. The minimum atomic E-state index is 0.499. The Morgan fingerprint density at radius 3 is 1.11 bits per heavy atom. The second-order valence-corrected chi connectivity index (χ2v) is 9.02. The summed E-state index contributed by atoms with van der Waals surface area (Å²) in [4.78, 5) is 0. The molecule has 0 saturated carbocycles. The SMILES string of the molecule is C[C@@H](CCCC[C@H](C)CC(C)(C)C)CC(C)(C)C. The molecule has 110 valence electrons. The highest BCUT2D eigenvalue weighted by Crippen LogP contribution is 2.29. The minimum Gasteiger partial charge on any atom is -0.0625 e. The molecule has 0 rings (SSSR count). The molecule has 0 bridgehead atoms. The number of rotatable bonds is 7. The van der Waals surface area contributed by atoms with E-state index in [2.05, 4.69) is 55.4 Å². The molecule has 0 unspecified atom stereocenters. The van der Waals surface area contributed by atoms with E-state index >= 15 is 0 Å². The van der Waals surface area contributed by atoms with E-state index in [0.29, 0.717) is 10.8 Å². The summed E-state index contributed by atoms with van der Waals surface area (Å²) >= 11 is 0. The van der Waals surface area contributed by atoms with Crippen molar-refractivity contribution in [1.29, 1.82) is 0 Å². The summed E-state index contributed by atoms with van der Waals surface area (Å²) in [5.74, 6) is 1.78. The van der Waals surface area contributed by atoms with Crippen molar-refractivity contribution in [3.05, 3.63) is 0 Å². The summed E-state index contributed by atoms with van der Waals surface area (Å²) in [5.41, 5.74) is 0.998. The fourth-order valence-electron chi connectivity index (χ4n) is 3.28. The molecule has 0 N–H and O–H groups in total. The van der Waals surface area contributed by atoms with Crippen LogP contribution in [0.5, 0.6) is 0 Å². The third-order valence-electron chi connectivity index (χ3n) is 3.57. The number of unbranched alkanes of at least 4 members (excludes halogenated alkanes) is 1. The molecule has 18 heavy (non-hydrogen) atoms. The predicted octanol–water partition coefficient (Wildman–Crippen LogP) is 6.69. The molecule has 0 aromatic rings. The molecule has 0 saturated heterocycles. The maximum absolute atomic E-state index is 2.42. The number of hydrogen-bond acceptors (Lipinski definition) is 0. The van der Waals surface area contributed by atoms with Crippen LogP contribution < -0.4 is 0 Å². The quantitative estimate of drug-likeness (QED) is 0.444. The van der Waals surface area contributed by atoms with Crippen LogP contribution in [0.3, 0.4) is 0 Å². The summed E-state index contributed by atoms with van der Waals surface area (Å²) in [6, 6.07) is 0. The van der Waals surface area contributed by atoms with Gasteiger partial charge in [0.2, 0.25) is 0 Å². The highest BCUT2D eigenvalue weighted by Gasteiger charge is 2.16. The van der Waals surface area contributed by atoms with E-state index in [1.807, 2.05) is 0 Å². The zero-order valence-corrected chi connectivity index (χ0v) is 14.4. The van der Waals surface area contributed by atoms with Crippen molar-refractivity contribution < 1.29 is 0 Å². The molecule has 0 aromatic carbocycles. The Kier molecular flexibility index (Phi) is 7.56. The van der Waals surface area contributed by atoms with E-state index in [-0.39, 0.29) is 0 Å². The van der Waals surface area contributed by atoms with Crippen LogP contribution >= 0.6 is 0 Å². The van der Waals surface area contributed by atoms with Gasteiger partial charge in [-0.15, -0.1) is 0 Å². The molecule has 0 heteroatoms. The molecule has 0 fully saturated rings. The molecule has 0 spiro atoms. The highest BCUT2D eigenvalue weighted by molar-refractivity contribution is 4.68. The van der Waals surface area contributed by atoms with Crippen LogP contribution in [-0.4, -0.2) is 0 Å². The van der Waals surface area contributed by atoms with E-state index in [1.165, 1.54) is 38.5 Å². The largest absolute Gasteiger partial charge is 0.0625 e. The van der Waals surface area contributed by atoms with Gasteiger partial charge in [-0.25, -0.2) is 0 Å². The Morgan fingerprint density at radius 1 is 0.611 bits per heavy atom. The Hall–Kier alpha value is 0. The van der Waals surface area contributed by atoms with Crippen LogP contribution in [0.1, 0.15) is 93.9 Å². The molecule has 0 aromatic heterocycles. The van der Waals surface area contributed by atoms with E-state index in [9.17, 15) is 0 Å². The highest BCUT2D eigenvalue weighted by atomic mass is 14.2. The summed E-state index contributed by atoms with van der Waals surface area (Å²) in [7, 11) is 0. The normalized spacial score (nSPS) is 16.7. The Labute approximate surface area is 117 Å². The maximum atomic E-state index is 2.42. The first-order chi connectivity index (χ1) is 7.99. The van der Waals surface area contributed by atoms with Crippen molar-refractivity contribution in [2.75, 3.05) is 0 Å². The van der Waals surface area contributed by atoms with Crippen LogP contribution in [0, 0.1) is 22.7 Å². The second-order valence-electron chi connectivity index (χ2n) is 9.02. The molecule has 0 aliphatic carbocycles. The fourth-order valence-corrected chi connectivity index (χ4v) is 3.28. The van der Waals surface area contributed by atoms with Gasteiger partial charge >= 0.3 is 0 Å². The standard InChI is InChI=1S/C18H38/c1-15(13-17(3,4)5)11-9-10-12-16(2)14-18(6,7)8/h15-16H,9-14H2,1-8H3/t15-,16-/m0/s1. The lowest BCUT2D eigenvalue weighted by Gasteiger charge is -2.24. The summed E-state index contributed by atoms with van der Waals surface area (Å²) in [5, 5.41) is 0. The Morgan fingerprint density at radius 2 is 0.889 bits per heavy atom. The smallest absolute Gasteiger partial charge is 0.0380 e. The first-order valence-corrected chi connectivity index (χ1v) is 7.99. The van der Waals surface area contributed by atoms with E-state index < -0.39 is 0 Å². The minimum absolute atomic E-state index is 0.499. The first-order valence-electron chi connectivity index (χ1n) is 7.99. The lowest BCUT2D eigenvalue weighted by Crippen LogP contribution is -2.12. The average Bonchev–Trinajstić information content (AvgIpc) is 2.06. The van der Waals surface area contributed by atoms with Gasteiger partial charge < -0.3 is 0 Å². The third-order valence-corrected chi connectivity index (χ3v) is 3.57. The molecular formula is C18H38. The van der Waals surface area contributed by atoms with Gasteiger partial charge in [0.1, 0.15) is 0 Å². The maximum Gasteiger partial charge on any atom is -0.0380 e.